The quantitative estimate of drug-likeness (QED) is 0.815. The van der Waals surface area contributed by atoms with Gasteiger partial charge in [0.2, 0.25) is 0 Å². The van der Waals surface area contributed by atoms with Crippen LogP contribution >= 0.6 is 0 Å². The molecular weight excluding hydrogens is 228 g/mol. The van der Waals surface area contributed by atoms with Crippen LogP contribution in [0.3, 0.4) is 0 Å². The zero-order valence-corrected chi connectivity index (χ0v) is 11.4. The molecule has 0 unspecified atom stereocenters. The molecule has 0 saturated carbocycles. The Morgan fingerprint density at radius 3 is 2.67 bits per heavy atom. The predicted molar refractivity (Wildman–Crippen MR) is 72.9 cm³/mol. The van der Waals surface area contributed by atoms with Crippen molar-refractivity contribution < 1.29 is 9.53 Å². The van der Waals surface area contributed by atoms with E-state index in [1.807, 2.05) is 19.1 Å². The van der Waals surface area contributed by atoms with Crippen LogP contribution < -0.4 is 15.4 Å². The number of hydrogen-bond acceptors (Lipinski definition) is 2. The number of amides is 2. The van der Waals surface area contributed by atoms with E-state index in [1.165, 1.54) is 0 Å². The van der Waals surface area contributed by atoms with Crippen LogP contribution in [0.5, 0.6) is 5.75 Å². The maximum atomic E-state index is 11.4. The molecule has 4 heteroatoms. The number of nitrogens with one attached hydrogen (secondary N) is 2. The van der Waals surface area contributed by atoms with Crippen molar-refractivity contribution in [2.24, 2.45) is 0 Å². The van der Waals surface area contributed by atoms with Crippen LogP contribution in [0.2, 0.25) is 0 Å². The van der Waals surface area contributed by atoms with Crippen LogP contribution in [-0.4, -0.2) is 19.7 Å². The Bertz CT molecular complexity index is 391. The van der Waals surface area contributed by atoms with Crippen molar-refractivity contribution in [3.8, 4) is 5.75 Å². The number of urea groups is 1. The fraction of sp³-hybridized carbons (Fsp3) is 0.500. The van der Waals surface area contributed by atoms with Crippen LogP contribution in [0.15, 0.2) is 18.2 Å². The number of hydrogen-bond donors (Lipinski definition) is 2. The zero-order valence-electron chi connectivity index (χ0n) is 11.4. The third-order valence-corrected chi connectivity index (χ3v) is 2.71. The lowest BCUT2D eigenvalue weighted by Gasteiger charge is -2.10. The fourth-order valence-electron chi connectivity index (χ4n) is 1.70. The first-order chi connectivity index (χ1) is 8.71. The lowest BCUT2D eigenvalue weighted by atomic mass is 10.1. The van der Waals surface area contributed by atoms with E-state index >= 15 is 0 Å². The van der Waals surface area contributed by atoms with Crippen molar-refractivity contribution in [1.82, 2.24) is 10.6 Å². The maximum Gasteiger partial charge on any atom is 0.315 e. The number of rotatable bonds is 6. The Balaban J connectivity index is 2.55. The smallest absolute Gasteiger partial charge is 0.315 e. The highest BCUT2D eigenvalue weighted by atomic mass is 16.5. The van der Waals surface area contributed by atoms with Gasteiger partial charge < -0.3 is 15.4 Å². The summed E-state index contributed by atoms with van der Waals surface area (Å²) in [6, 6.07) is 5.86. The molecule has 4 nitrogen and oxygen atoms in total. The largest absolute Gasteiger partial charge is 0.496 e. The molecular formula is C14H22N2O2. The molecule has 100 valence electrons. The van der Waals surface area contributed by atoms with E-state index in [-0.39, 0.29) is 6.03 Å². The normalized spacial score (nSPS) is 9.94. The summed E-state index contributed by atoms with van der Waals surface area (Å²) in [5.41, 5.74) is 2.24. The average Bonchev–Trinajstić information content (AvgIpc) is 2.42. The van der Waals surface area contributed by atoms with E-state index in [9.17, 15) is 4.79 Å². The van der Waals surface area contributed by atoms with Crippen molar-refractivity contribution in [2.45, 2.75) is 33.2 Å². The van der Waals surface area contributed by atoms with Crippen molar-refractivity contribution >= 4 is 6.03 Å². The number of benzene rings is 1. The zero-order chi connectivity index (χ0) is 13.4. The van der Waals surface area contributed by atoms with Crippen molar-refractivity contribution in [2.75, 3.05) is 13.7 Å². The molecule has 1 aromatic rings. The van der Waals surface area contributed by atoms with Crippen LogP contribution in [-0.2, 0) is 13.0 Å². The summed E-state index contributed by atoms with van der Waals surface area (Å²) in [7, 11) is 1.67. The fourth-order valence-corrected chi connectivity index (χ4v) is 1.70. The SMILES string of the molecule is CCCNC(=O)NCc1ccc(OC)c(CC)c1. The second kappa shape index (κ2) is 7.58. The molecule has 0 fully saturated rings. The molecule has 0 bridgehead atoms. The summed E-state index contributed by atoms with van der Waals surface area (Å²) in [6.07, 6.45) is 1.86. The number of carbonyl (C=O) groups is 1. The summed E-state index contributed by atoms with van der Waals surface area (Å²) < 4.78 is 5.27. The Morgan fingerprint density at radius 1 is 1.28 bits per heavy atom. The van der Waals surface area contributed by atoms with Gasteiger partial charge in [0, 0.05) is 13.1 Å². The third kappa shape index (κ3) is 4.28. The number of aryl methyl sites for hydroxylation is 1. The highest BCUT2D eigenvalue weighted by Gasteiger charge is 2.04. The number of methoxy groups -OCH3 is 1. The Hall–Kier alpha value is -1.71. The van der Waals surface area contributed by atoms with E-state index in [0.717, 1.165) is 29.7 Å². The molecule has 0 heterocycles. The maximum absolute atomic E-state index is 11.4. The number of ether oxygens (including phenoxy) is 1. The minimum Gasteiger partial charge on any atom is -0.496 e. The Kier molecular flexibility index (Phi) is 6.05. The van der Waals surface area contributed by atoms with Crippen LogP contribution in [0.25, 0.3) is 0 Å². The minimum atomic E-state index is -0.120. The molecule has 0 saturated heterocycles. The topological polar surface area (TPSA) is 50.4 Å². The van der Waals surface area contributed by atoms with Gasteiger partial charge in [-0.25, -0.2) is 4.79 Å². The van der Waals surface area contributed by atoms with Crippen LogP contribution in [0, 0.1) is 0 Å². The molecule has 0 aliphatic rings. The highest BCUT2D eigenvalue weighted by Crippen LogP contribution is 2.20. The van der Waals surface area contributed by atoms with Crippen molar-refractivity contribution in [3.05, 3.63) is 29.3 Å². The van der Waals surface area contributed by atoms with Crippen molar-refractivity contribution in [3.63, 3.8) is 0 Å². The average molecular weight is 250 g/mol. The lowest BCUT2D eigenvalue weighted by Crippen LogP contribution is -2.35. The second-order valence-electron chi connectivity index (χ2n) is 4.11. The van der Waals surface area contributed by atoms with Gasteiger partial charge in [0.25, 0.3) is 0 Å². The molecule has 0 aliphatic carbocycles. The molecule has 18 heavy (non-hydrogen) atoms. The summed E-state index contributed by atoms with van der Waals surface area (Å²) in [5.74, 6) is 0.900. The first kappa shape index (κ1) is 14.4. The lowest BCUT2D eigenvalue weighted by molar-refractivity contribution is 0.240. The first-order valence-corrected chi connectivity index (χ1v) is 6.38. The van der Waals surface area contributed by atoms with Gasteiger partial charge in [-0.05, 0) is 30.0 Å². The van der Waals surface area contributed by atoms with Crippen molar-refractivity contribution in [1.29, 1.82) is 0 Å². The van der Waals surface area contributed by atoms with E-state index in [2.05, 4.69) is 23.6 Å². The molecule has 0 spiro atoms. The molecule has 2 N–H and O–H groups in total. The molecule has 0 atom stereocenters. The first-order valence-electron chi connectivity index (χ1n) is 6.38. The van der Waals surface area contributed by atoms with Gasteiger partial charge in [-0.2, -0.15) is 0 Å². The third-order valence-electron chi connectivity index (χ3n) is 2.71. The van der Waals surface area contributed by atoms with Gasteiger partial charge in [0.15, 0.2) is 0 Å². The van der Waals surface area contributed by atoms with Gasteiger partial charge >= 0.3 is 6.03 Å². The second-order valence-corrected chi connectivity index (χ2v) is 4.11. The monoisotopic (exact) mass is 250 g/mol. The Labute approximate surface area is 109 Å². The van der Waals surface area contributed by atoms with E-state index in [0.29, 0.717) is 13.1 Å². The molecule has 1 aromatic carbocycles. The van der Waals surface area contributed by atoms with E-state index in [1.54, 1.807) is 7.11 Å². The van der Waals surface area contributed by atoms with Gasteiger partial charge in [-0.1, -0.05) is 26.0 Å². The standard InChI is InChI=1S/C14H22N2O2/c1-4-8-15-14(17)16-10-11-6-7-13(18-3)12(5-2)9-11/h6-7,9H,4-5,8,10H2,1-3H3,(H2,15,16,17). The van der Waals surface area contributed by atoms with E-state index < -0.39 is 0 Å². The predicted octanol–water partition coefficient (Wildman–Crippen LogP) is 2.47. The summed E-state index contributed by atoms with van der Waals surface area (Å²) in [6.45, 7) is 5.35. The number of carbonyl (C=O) groups excluding carboxylic acids is 1. The van der Waals surface area contributed by atoms with E-state index in [4.69, 9.17) is 4.74 Å². The van der Waals surface area contributed by atoms with Crippen LogP contribution in [0.4, 0.5) is 4.79 Å². The van der Waals surface area contributed by atoms with Gasteiger partial charge in [0.05, 0.1) is 7.11 Å². The molecule has 2 amide bonds. The minimum absolute atomic E-state index is 0.120. The van der Waals surface area contributed by atoms with Gasteiger partial charge in [-0.15, -0.1) is 0 Å². The molecule has 0 aliphatic heterocycles. The summed E-state index contributed by atoms with van der Waals surface area (Å²) >= 11 is 0. The highest BCUT2D eigenvalue weighted by molar-refractivity contribution is 5.73. The van der Waals surface area contributed by atoms with Gasteiger partial charge in [0.1, 0.15) is 5.75 Å². The molecule has 0 radical (unpaired) electrons. The molecule has 1 rings (SSSR count). The van der Waals surface area contributed by atoms with Gasteiger partial charge in [-0.3, -0.25) is 0 Å². The molecule has 0 aromatic heterocycles. The summed E-state index contributed by atoms with van der Waals surface area (Å²) in [5, 5.41) is 5.61. The van der Waals surface area contributed by atoms with Crippen LogP contribution in [0.1, 0.15) is 31.4 Å². The Morgan fingerprint density at radius 2 is 2.06 bits per heavy atom. The summed E-state index contributed by atoms with van der Waals surface area (Å²) in [4.78, 5) is 11.4.